The number of aromatic amines is 2. The van der Waals surface area contributed by atoms with Gasteiger partial charge < -0.3 is 46.6 Å². The number of thiol groups is 5. The van der Waals surface area contributed by atoms with E-state index < -0.39 is 194 Å². The summed E-state index contributed by atoms with van der Waals surface area (Å²) >= 11 is 22.1. The number of aromatic nitrogens is 14. The fourth-order valence-electron chi connectivity index (χ4n) is 12.9. The van der Waals surface area contributed by atoms with Crippen LogP contribution < -0.4 is 51.1 Å². The van der Waals surface area contributed by atoms with Crippen LogP contribution in [0.15, 0.2) is 61.5 Å². The van der Waals surface area contributed by atoms with Gasteiger partial charge in [0.1, 0.15) is 136 Å². The average molecular weight is 1700 g/mol. The first-order valence-corrected chi connectivity index (χ1v) is 46.2. The number of aryl methyl sites for hydroxylation is 3. The minimum Gasteiger partial charge on any atom is -0.383 e. The van der Waals surface area contributed by atoms with Crippen molar-refractivity contribution >= 4 is 143 Å². The van der Waals surface area contributed by atoms with Crippen molar-refractivity contribution in [2.75, 3.05) is 56.5 Å². The van der Waals surface area contributed by atoms with Crippen molar-refractivity contribution in [1.82, 2.24) is 67.7 Å². The van der Waals surface area contributed by atoms with Crippen LogP contribution in [0.3, 0.4) is 0 Å². The Kier molecular flexibility index (Phi) is 25.0. The fraction of sp³-hybridized carbons (Fsp3) is 0.593. The molecule has 0 radical (unpaired) electrons. The maximum Gasteiger partial charge on any atom is 0.475 e. The van der Waals surface area contributed by atoms with E-state index in [0.29, 0.717) is 17.5 Å². The molecule has 22 atom stereocenters. The van der Waals surface area contributed by atoms with Crippen molar-refractivity contribution < 1.29 is 93.4 Å². The third kappa shape index (κ3) is 18.5. The molecule has 10 unspecified atom stereocenters. The largest absolute Gasteiger partial charge is 0.475 e. The molecule has 5 aliphatic rings. The van der Waals surface area contributed by atoms with E-state index in [-0.39, 0.29) is 70.6 Å². The van der Waals surface area contributed by atoms with Gasteiger partial charge in [0.15, 0.2) is 22.6 Å². The molecule has 5 fully saturated rings. The summed E-state index contributed by atoms with van der Waals surface area (Å²) in [6.07, 6.45) is -8.69. The Balaban J connectivity index is 0.765. The van der Waals surface area contributed by atoms with Crippen molar-refractivity contribution in [2.24, 2.45) is 11.8 Å². The molecule has 0 spiro atoms. The number of anilines is 4. The topological polar surface area (TPSA) is 575 Å². The van der Waals surface area contributed by atoms with E-state index in [1.807, 2.05) is 0 Å². The molecule has 12 rings (SSSR count). The number of H-pyrrole nitrogens is 2. The van der Waals surface area contributed by atoms with Crippen LogP contribution in [-0.4, -0.2) is 187 Å². The van der Waals surface area contributed by atoms with Crippen molar-refractivity contribution in [1.29, 1.82) is 0 Å². The van der Waals surface area contributed by atoms with Crippen LogP contribution in [0, 0.1) is 32.6 Å². The number of nitrogen functional groups attached to an aromatic ring is 4. The van der Waals surface area contributed by atoms with Gasteiger partial charge in [0.05, 0.1) is 87.1 Å². The van der Waals surface area contributed by atoms with Crippen LogP contribution in [0.1, 0.15) is 94.3 Å². The summed E-state index contributed by atoms with van der Waals surface area (Å²) < 4.78 is 98.6. The predicted octanol–water partition coefficient (Wildman–Crippen LogP) is 3.25. The molecular weight excluding hydrogens is 1620 g/mol. The Labute approximate surface area is 634 Å². The van der Waals surface area contributed by atoms with Gasteiger partial charge in [-0.1, -0.05) is 20.8 Å². The van der Waals surface area contributed by atoms with Gasteiger partial charge in [-0.3, -0.25) is 42.4 Å². The van der Waals surface area contributed by atoms with Crippen LogP contribution in [-0.2, 0) is 68.9 Å². The molecule has 15 N–H and O–H groups in total. The Bertz CT molecular complexity index is 4720. The standard InChI is InChI=1S/C54H76N18O25P5S5/c1-8-27-28(9-35(88-27)68-14-24(4)47(73)67-54(68)77)93-99(79,104)84-15-31-29(10-36(89-31)71-20-61-38-44(57)59-19-60-45(38)71)94-100(80,105)85-16-32-30(11-37(90-32)72-21-62-39-46(72)65-51(58)66-48(39)74)95-101(81,106)86-17-34-41(26(6)50(92-34)70-13-23(3)43(56)64-53(70)76)97-102(82,107)87-18-33-40(96-98(78,103)83-7)25(5)49(91-33)69-12-22(2)42(55)63-52(69)75/h12-14,19-21,25-37,40-41,49-50,78-82,103-107H,8-11,15-18H2,1-7H3,(H6-4,55,56,57,58,59,60,63,64,65,66,67,73,74,75,76,77)/q+1/p+4/t25-,26-,27+,28?,29?,30?,31+,32+,33+,34+,35+,36+,37+,40?,41?,49+,50+,98?,99?,100?,101?,102?/m0/s1. The first-order chi connectivity index (χ1) is 50.3. The summed E-state index contributed by atoms with van der Waals surface area (Å²) in [4.78, 5) is 158. The number of imidazole rings is 2. The lowest BCUT2D eigenvalue weighted by Gasteiger charge is -2.24. The van der Waals surface area contributed by atoms with Crippen LogP contribution in [0.2, 0.25) is 0 Å². The van der Waals surface area contributed by atoms with E-state index in [1.165, 1.54) is 69.9 Å². The minimum absolute atomic E-state index is 0.00801. The van der Waals surface area contributed by atoms with Crippen LogP contribution in [0.4, 0.5) is 23.4 Å². The fourth-order valence-corrected chi connectivity index (χ4v) is 20.1. The summed E-state index contributed by atoms with van der Waals surface area (Å²) in [5.41, 5.74) is 22.0. The van der Waals surface area contributed by atoms with E-state index in [2.05, 4.69) is 106 Å². The maximum atomic E-state index is 13.6. The molecular formula is C54H80N18O25P5S5+5. The van der Waals surface area contributed by atoms with Crippen LogP contribution in [0.25, 0.3) is 22.3 Å². The number of ether oxygens (including phenoxy) is 5. The lowest BCUT2D eigenvalue weighted by atomic mass is 10.0. The molecule has 0 aromatic carbocycles. The first kappa shape index (κ1) is 82.1. The number of nitrogens with zero attached hydrogens (tertiary/aromatic N) is 12. The predicted molar refractivity (Wildman–Crippen MR) is 401 cm³/mol. The molecule has 53 heteroatoms. The lowest BCUT2D eigenvalue weighted by Crippen LogP contribution is -2.35. The van der Waals surface area contributed by atoms with E-state index in [9.17, 15) is 48.4 Å². The highest BCUT2D eigenvalue weighted by atomic mass is 32.7. The van der Waals surface area contributed by atoms with E-state index in [0.717, 1.165) is 4.57 Å². The second-order valence-electron chi connectivity index (χ2n) is 25.6. The summed E-state index contributed by atoms with van der Waals surface area (Å²) in [5, 5.41) is 0. The third-order valence-electron chi connectivity index (χ3n) is 18.3. The Hall–Kier alpha value is -4.36. The average Bonchev–Trinajstić information content (AvgIpc) is 1.65. The monoisotopic (exact) mass is 1700 g/mol. The first-order valence-electron chi connectivity index (χ1n) is 32.5. The van der Waals surface area contributed by atoms with Gasteiger partial charge in [-0.2, -0.15) is 84.7 Å². The summed E-state index contributed by atoms with van der Waals surface area (Å²) in [7, 11) is -20.1. The van der Waals surface area contributed by atoms with Gasteiger partial charge in [-0.25, -0.2) is 34.3 Å². The molecule has 7 aromatic heterocycles. The van der Waals surface area contributed by atoms with Crippen molar-refractivity contribution in [2.45, 2.75) is 159 Å². The molecule has 107 heavy (non-hydrogen) atoms. The molecule has 5 aliphatic heterocycles. The van der Waals surface area contributed by atoms with Gasteiger partial charge in [0.2, 0.25) is 5.95 Å². The maximum absolute atomic E-state index is 13.6. The second-order valence-corrected chi connectivity index (χ2v) is 40.5. The number of rotatable bonds is 29. The normalized spacial score (nSPS) is 30.4. The zero-order chi connectivity index (χ0) is 77.3. The quantitative estimate of drug-likeness (QED) is 0.0236. The van der Waals surface area contributed by atoms with Gasteiger partial charge in [0.25, 0.3) is 11.1 Å². The molecule has 0 amide bonds. The van der Waals surface area contributed by atoms with Crippen molar-refractivity contribution in [3.05, 3.63) is 106 Å². The summed E-state index contributed by atoms with van der Waals surface area (Å²) in [5.74, 6) is -1.92. The molecule has 0 aliphatic carbocycles. The van der Waals surface area contributed by atoms with Crippen molar-refractivity contribution in [3.8, 4) is 0 Å². The molecule has 0 bridgehead atoms. The number of fused-ring (bicyclic) bond motifs is 2. The van der Waals surface area contributed by atoms with Gasteiger partial charge in [0, 0.05) is 66.4 Å². The zero-order valence-corrected chi connectivity index (χ0v) is 66.4. The highest BCUT2D eigenvalue weighted by Crippen LogP contribution is 2.70. The third-order valence-corrected chi connectivity index (χ3v) is 26.6. The van der Waals surface area contributed by atoms with E-state index >= 15 is 0 Å². The number of hydrogen-bond donors (Lipinski definition) is 16. The molecule has 12 heterocycles. The van der Waals surface area contributed by atoms with Crippen molar-refractivity contribution in [3.63, 3.8) is 0 Å². The lowest BCUT2D eigenvalue weighted by molar-refractivity contribution is -0.0571. The molecule has 5 saturated heterocycles. The van der Waals surface area contributed by atoms with Crippen LogP contribution >= 0.6 is 97.0 Å². The molecule has 7 aromatic rings. The molecule has 0 saturated carbocycles. The van der Waals surface area contributed by atoms with E-state index in [4.69, 9.17) is 91.9 Å². The van der Waals surface area contributed by atoms with Gasteiger partial charge in [-0.15, -0.1) is 0 Å². The van der Waals surface area contributed by atoms with Gasteiger partial charge >= 0.3 is 52.8 Å². The molecule has 586 valence electrons. The zero-order valence-electron chi connectivity index (χ0n) is 57.5. The van der Waals surface area contributed by atoms with Gasteiger partial charge in [-0.05, 0) is 27.2 Å². The Morgan fingerprint density at radius 3 is 1.40 bits per heavy atom. The van der Waals surface area contributed by atoms with Crippen LogP contribution in [0.5, 0.6) is 0 Å². The summed E-state index contributed by atoms with van der Waals surface area (Å²) in [6.45, 7) is 7.47. The Morgan fingerprint density at radius 2 is 0.916 bits per heavy atom. The highest BCUT2D eigenvalue weighted by Gasteiger charge is 2.60. The summed E-state index contributed by atoms with van der Waals surface area (Å²) in [6, 6.07) is 0. The Morgan fingerprint density at radius 1 is 0.495 bits per heavy atom. The molecule has 43 nitrogen and oxygen atoms in total. The smallest absolute Gasteiger partial charge is 0.383 e. The second kappa shape index (κ2) is 32.6. The number of hydrogen-bond acceptors (Lipinski definition) is 41. The SMILES string of the molecule is CC[C@H]1O[C@@H](n2cc(C)c(=O)[nH]c2=O)CC1O[P+](O)(S)OC[C@H]1O[C@@H](n2cnc3c(N)ncnc32)CC1O[P+](O)(S)OC[C@H]1O[C@@H](n2cnc3c(=O)[nH]c(N)nc32)CC1O[P+](O)(S)OC[C@H]1O[C@@H](n2cc(C)c(N)nc2=O)[C@@H](C)C1O[P+](O)(S)OC[C@H]1O[C@@H](n2cc(C)c(N)nc2=O)[C@@H](C)C1O[P+](O)(S)OC. The van der Waals surface area contributed by atoms with E-state index in [1.54, 1.807) is 34.6 Å². The highest BCUT2D eigenvalue weighted by molar-refractivity contribution is 8.48. The number of nitrogens with one attached hydrogen (secondary N) is 2. The minimum atomic E-state index is -4.49. The number of nitrogens with two attached hydrogens (primary N) is 4.